The first-order chi connectivity index (χ1) is 4.91. The molecule has 1 heteroatoms. The number of hydrogen-bond acceptors (Lipinski definition) is 1. The molecule has 0 saturated carbocycles. The van der Waals surface area contributed by atoms with Crippen LogP contribution in [0.4, 0.5) is 0 Å². The summed E-state index contributed by atoms with van der Waals surface area (Å²) in [6, 6.07) is 0. The lowest BCUT2D eigenvalue weighted by atomic mass is 10.3. The van der Waals surface area contributed by atoms with E-state index in [4.69, 9.17) is 11.3 Å². The quantitative estimate of drug-likeness (QED) is 0.406. The van der Waals surface area contributed by atoms with Crippen molar-refractivity contribution in [3.63, 3.8) is 0 Å². The minimum absolute atomic E-state index is 0.691. The number of hydrogen-bond donors (Lipinski definition) is 0. The minimum Gasteiger partial charge on any atom is -0.501 e. The second kappa shape index (κ2) is 8.28. The molecule has 0 bridgehead atoms. The van der Waals surface area contributed by atoms with Crippen molar-refractivity contribution < 1.29 is 4.74 Å². The first kappa shape index (κ1) is 9.28. The molecule has 0 N–H and O–H groups in total. The molecule has 0 rings (SSSR count). The van der Waals surface area contributed by atoms with Crippen molar-refractivity contribution in [1.82, 2.24) is 0 Å². The van der Waals surface area contributed by atoms with Gasteiger partial charge in [0.1, 0.15) is 0 Å². The second-order valence-corrected chi connectivity index (χ2v) is 2.06. The molecule has 10 heavy (non-hydrogen) atoms. The van der Waals surface area contributed by atoms with Gasteiger partial charge in [0.05, 0.1) is 12.9 Å². The SMILES string of the molecule is [CH]=CCCOC=CCCC. The minimum atomic E-state index is 0.691. The summed E-state index contributed by atoms with van der Waals surface area (Å²) in [7, 11) is 0. The Morgan fingerprint density at radius 1 is 1.40 bits per heavy atom. The Bertz CT molecular complexity index is 94.9. The Morgan fingerprint density at radius 3 is 2.80 bits per heavy atom. The summed E-state index contributed by atoms with van der Waals surface area (Å²) in [6.07, 6.45) is 8.45. The Labute approximate surface area is 63.4 Å². The fraction of sp³-hybridized carbons (Fsp3) is 0.556. The molecule has 57 valence electrons. The highest BCUT2D eigenvalue weighted by Gasteiger charge is 1.76. The molecule has 0 aromatic heterocycles. The van der Waals surface area contributed by atoms with Crippen molar-refractivity contribution in [3.05, 3.63) is 25.0 Å². The van der Waals surface area contributed by atoms with Crippen LogP contribution in [0.25, 0.3) is 0 Å². The maximum absolute atomic E-state index is 5.14. The summed E-state index contributed by atoms with van der Waals surface area (Å²) in [5, 5.41) is 0. The smallest absolute Gasteiger partial charge is 0.0907 e. The molecule has 0 aliphatic heterocycles. The highest BCUT2D eigenvalue weighted by Crippen LogP contribution is 1.90. The molecule has 0 aromatic carbocycles. The third-order valence-corrected chi connectivity index (χ3v) is 1.05. The zero-order valence-corrected chi connectivity index (χ0v) is 6.55. The maximum Gasteiger partial charge on any atom is 0.0907 e. The fourth-order valence-corrected chi connectivity index (χ4v) is 0.507. The van der Waals surface area contributed by atoms with Crippen LogP contribution in [-0.2, 0) is 4.74 Å². The van der Waals surface area contributed by atoms with E-state index in [1.54, 1.807) is 12.3 Å². The molecule has 0 aromatic rings. The van der Waals surface area contributed by atoms with E-state index in [2.05, 4.69) is 6.92 Å². The topological polar surface area (TPSA) is 9.23 Å². The lowest BCUT2D eigenvalue weighted by Crippen LogP contribution is -1.82. The van der Waals surface area contributed by atoms with Gasteiger partial charge in [0, 0.05) is 0 Å². The van der Waals surface area contributed by atoms with Crippen LogP contribution in [0.15, 0.2) is 18.4 Å². The molecule has 0 amide bonds. The summed E-state index contributed by atoms with van der Waals surface area (Å²) in [4.78, 5) is 0. The van der Waals surface area contributed by atoms with Crippen LogP contribution < -0.4 is 0 Å². The lowest BCUT2D eigenvalue weighted by Gasteiger charge is -1.94. The molecule has 0 spiro atoms. The lowest BCUT2D eigenvalue weighted by molar-refractivity contribution is 0.255. The zero-order valence-electron chi connectivity index (χ0n) is 6.55. The molecule has 0 atom stereocenters. The van der Waals surface area contributed by atoms with Crippen molar-refractivity contribution in [2.75, 3.05) is 6.61 Å². The monoisotopic (exact) mass is 139 g/mol. The number of unbranched alkanes of at least 4 members (excludes halogenated alkanes) is 1. The maximum atomic E-state index is 5.14. The molecule has 0 heterocycles. The van der Waals surface area contributed by atoms with Gasteiger partial charge in [-0.15, -0.1) is 0 Å². The Hall–Kier alpha value is -0.720. The average Bonchev–Trinajstić information content (AvgIpc) is 1.97. The van der Waals surface area contributed by atoms with Gasteiger partial charge in [0.15, 0.2) is 0 Å². The van der Waals surface area contributed by atoms with Crippen LogP contribution in [0.5, 0.6) is 0 Å². The predicted octanol–water partition coefficient (Wildman–Crippen LogP) is 2.70. The van der Waals surface area contributed by atoms with Crippen molar-refractivity contribution in [1.29, 1.82) is 0 Å². The van der Waals surface area contributed by atoms with Gasteiger partial charge in [0.25, 0.3) is 0 Å². The Balaban J connectivity index is 2.94. The van der Waals surface area contributed by atoms with E-state index in [1.165, 1.54) is 6.42 Å². The average molecular weight is 139 g/mol. The molecular weight excluding hydrogens is 124 g/mol. The van der Waals surface area contributed by atoms with Crippen LogP contribution in [0, 0.1) is 6.58 Å². The van der Waals surface area contributed by atoms with Gasteiger partial charge < -0.3 is 4.74 Å². The fourth-order valence-electron chi connectivity index (χ4n) is 0.507. The van der Waals surface area contributed by atoms with Crippen LogP contribution in [0.2, 0.25) is 0 Å². The highest BCUT2D eigenvalue weighted by molar-refractivity contribution is 4.72. The van der Waals surface area contributed by atoms with Gasteiger partial charge in [0.2, 0.25) is 0 Å². The zero-order chi connectivity index (χ0) is 7.66. The van der Waals surface area contributed by atoms with Crippen molar-refractivity contribution >= 4 is 0 Å². The summed E-state index contributed by atoms with van der Waals surface area (Å²) in [5.74, 6) is 0. The third-order valence-electron chi connectivity index (χ3n) is 1.05. The molecule has 0 aliphatic carbocycles. The van der Waals surface area contributed by atoms with E-state index in [0.717, 1.165) is 12.8 Å². The molecular formula is C9H15O. The molecule has 1 radical (unpaired) electrons. The van der Waals surface area contributed by atoms with Crippen LogP contribution in [0.1, 0.15) is 26.2 Å². The van der Waals surface area contributed by atoms with Gasteiger partial charge in [-0.05, 0) is 18.9 Å². The van der Waals surface area contributed by atoms with Crippen LogP contribution in [0.3, 0.4) is 0 Å². The number of allylic oxidation sites excluding steroid dienone is 1. The van der Waals surface area contributed by atoms with E-state index in [-0.39, 0.29) is 0 Å². The Kier molecular flexibility index (Phi) is 7.68. The van der Waals surface area contributed by atoms with Gasteiger partial charge in [-0.2, -0.15) is 0 Å². The van der Waals surface area contributed by atoms with E-state index in [9.17, 15) is 0 Å². The molecule has 1 nitrogen and oxygen atoms in total. The summed E-state index contributed by atoms with van der Waals surface area (Å²) < 4.78 is 5.08. The standard InChI is InChI=1S/C9H15O/c1-3-5-7-9-10-8-6-4-2/h2,4,7,9H,3,5-6,8H2,1H3. The van der Waals surface area contributed by atoms with Gasteiger partial charge in [-0.1, -0.05) is 26.0 Å². The highest BCUT2D eigenvalue weighted by atomic mass is 16.5. The van der Waals surface area contributed by atoms with E-state index < -0.39 is 0 Å². The van der Waals surface area contributed by atoms with Crippen molar-refractivity contribution in [3.8, 4) is 0 Å². The predicted molar refractivity (Wildman–Crippen MR) is 43.5 cm³/mol. The number of rotatable bonds is 6. The van der Waals surface area contributed by atoms with Gasteiger partial charge >= 0.3 is 0 Å². The largest absolute Gasteiger partial charge is 0.501 e. The van der Waals surface area contributed by atoms with E-state index in [0.29, 0.717) is 6.61 Å². The summed E-state index contributed by atoms with van der Waals surface area (Å²) in [6.45, 7) is 7.97. The molecule has 0 saturated heterocycles. The molecule has 0 unspecified atom stereocenters. The summed E-state index contributed by atoms with van der Waals surface area (Å²) >= 11 is 0. The van der Waals surface area contributed by atoms with Crippen LogP contribution >= 0.6 is 0 Å². The number of ether oxygens (including phenoxy) is 1. The van der Waals surface area contributed by atoms with Gasteiger partial charge in [-0.3, -0.25) is 0 Å². The second-order valence-electron chi connectivity index (χ2n) is 2.06. The summed E-state index contributed by atoms with van der Waals surface area (Å²) in [5.41, 5.74) is 0. The van der Waals surface area contributed by atoms with Crippen molar-refractivity contribution in [2.45, 2.75) is 26.2 Å². The van der Waals surface area contributed by atoms with E-state index in [1.807, 2.05) is 6.08 Å². The normalized spacial score (nSPS) is 10.1. The molecule has 0 aliphatic rings. The first-order valence-electron chi connectivity index (χ1n) is 3.71. The molecule has 0 fully saturated rings. The Morgan fingerprint density at radius 2 is 2.20 bits per heavy atom. The van der Waals surface area contributed by atoms with Crippen molar-refractivity contribution in [2.24, 2.45) is 0 Å². The first-order valence-corrected chi connectivity index (χ1v) is 3.71. The van der Waals surface area contributed by atoms with Crippen LogP contribution in [-0.4, -0.2) is 6.61 Å². The van der Waals surface area contributed by atoms with E-state index >= 15 is 0 Å². The third kappa shape index (κ3) is 7.28. The van der Waals surface area contributed by atoms with Gasteiger partial charge in [-0.25, -0.2) is 0 Å².